The molecule has 0 heterocycles. The summed E-state index contributed by atoms with van der Waals surface area (Å²) in [5, 5.41) is 8.39. The van der Waals surface area contributed by atoms with Crippen LogP contribution in [0.5, 0.6) is 0 Å². The summed E-state index contributed by atoms with van der Waals surface area (Å²) in [4.78, 5) is 0. The largest absolute Gasteiger partial charge is 1.00 e. The Morgan fingerprint density at radius 3 is 1.44 bits per heavy atom. The van der Waals surface area contributed by atoms with Crippen molar-refractivity contribution in [2.45, 2.75) is 0 Å². The van der Waals surface area contributed by atoms with Gasteiger partial charge in [0.15, 0.2) is 0 Å². The molecule has 0 atom stereocenters. The zero-order valence-electron chi connectivity index (χ0n) is 6.06. The van der Waals surface area contributed by atoms with Gasteiger partial charge in [0.1, 0.15) is 6.54 Å². The number of aliphatic hydroxyl groups excluding tert-OH is 1. The van der Waals surface area contributed by atoms with Crippen molar-refractivity contribution in [3.05, 3.63) is 0 Å². The van der Waals surface area contributed by atoms with Crippen molar-refractivity contribution in [1.82, 2.24) is 0 Å². The number of rotatable bonds is 2. The van der Waals surface area contributed by atoms with Crippen molar-refractivity contribution in [2.75, 3.05) is 34.3 Å². The summed E-state index contributed by atoms with van der Waals surface area (Å²) in [6.45, 7) is 1.11. The van der Waals surface area contributed by atoms with Crippen molar-refractivity contribution in [1.29, 1.82) is 0 Å². The van der Waals surface area contributed by atoms with E-state index in [2.05, 4.69) is 21.1 Å². The van der Waals surface area contributed by atoms with E-state index >= 15 is 0 Å². The highest BCUT2D eigenvalue weighted by Crippen LogP contribution is 1.84. The van der Waals surface area contributed by atoms with Crippen LogP contribution in [0.25, 0.3) is 0 Å². The average Bonchev–Trinajstić information content (AvgIpc) is 1.30. The Balaban J connectivity index is -0.000000180. The predicted octanol–water partition coefficient (Wildman–Crippen LogP) is -6.31. The molecule has 1 N–H and O–H groups in total. The second kappa shape index (κ2) is 6.62. The molecule has 0 saturated carbocycles. The van der Waals surface area contributed by atoms with Crippen molar-refractivity contribution >= 4 is 0 Å². The van der Waals surface area contributed by atoms with E-state index in [0.29, 0.717) is 0 Å². The van der Waals surface area contributed by atoms with Gasteiger partial charge in [0.25, 0.3) is 0 Å². The Labute approximate surface area is 69.3 Å². The summed E-state index contributed by atoms with van der Waals surface area (Å²) in [6.07, 6.45) is 0. The first-order chi connectivity index (χ1) is 3.06. The molecule has 9 heavy (non-hydrogen) atoms. The number of likely N-dealkylation sites (N-methyl/N-ethyl adjacent to an activating group) is 1. The third-order valence-corrected chi connectivity index (χ3v) is 0.771. The molecule has 0 amide bonds. The lowest BCUT2D eigenvalue weighted by Crippen LogP contribution is -3.00. The van der Waals surface area contributed by atoms with E-state index < -0.39 is 0 Å². The summed E-state index contributed by atoms with van der Waals surface area (Å²) >= 11 is 0. The third-order valence-electron chi connectivity index (χ3n) is 0.771. The van der Waals surface area contributed by atoms with Crippen LogP contribution in [-0.4, -0.2) is 43.9 Å². The molecule has 60 valence electrons. The summed E-state index contributed by atoms with van der Waals surface area (Å²) in [7, 11) is 6.16. The van der Waals surface area contributed by atoms with Gasteiger partial charge in [-0.05, 0) is 0 Å². The lowest BCUT2D eigenvalue weighted by molar-refractivity contribution is -0.870. The first-order valence-electron chi connectivity index (χ1n) is 2.47. The highest BCUT2D eigenvalue weighted by Gasteiger charge is 2.02. The summed E-state index contributed by atoms with van der Waals surface area (Å²) in [6, 6.07) is 0. The van der Waals surface area contributed by atoms with E-state index in [1.165, 1.54) is 0 Å². The van der Waals surface area contributed by atoms with Crippen molar-refractivity contribution in [3.63, 3.8) is 0 Å². The van der Waals surface area contributed by atoms with Crippen LogP contribution in [0.4, 0.5) is 0 Å². The van der Waals surface area contributed by atoms with Gasteiger partial charge in [-0.1, -0.05) is 0 Å². The molecule has 0 aromatic carbocycles. The van der Waals surface area contributed by atoms with Gasteiger partial charge in [0.2, 0.25) is 0 Å². The molecule has 0 radical (unpaired) electrons. The first-order valence-corrected chi connectivity index (χ1v) is 2.47. The number of halogens is 2. The lowest BCUT2D eigenvalue weighted by Gasteiger charge is -2.21. The summed E-state index contributed by atoms with van der Waals surface area (Å²) in [5.74, 6) is 0. The Morgan fingerprint density at radius 1 is 1.11 bits per heavy atom. The van der Waals surface area contributed by atoms with E-state index in [0.717, 1.165) is 11.0 Å². The van der Waals surface area contributed by atoms with Crippen LogP contribution in [0, 0.1) is 0 Å². The minimum atomic E-state index is 0. The smallest absolute Gasteiger partial charge is 0.101 e. The van der Waals surface area contributed by atoms with E-state index in [4.69, 9.17) is 5.11 Å². The van der Waals surface area contributed by atoms with Crippen LogP contribution in [0.2, 0.25) is 0 Å². The average molecular weight is 175 g/mol. The Bertz CT molecular complexity index is 53.4. The van der Waals surface area contributed by atoms with Crippen LogP contribution < -0.4 is 24.8 Å². The monoisotopic (exact) mass is 174 g/mol. The van der Waals surface area contributed by atoms with Crippen molar-refractivity contribution < 1.29 is 34.4 Å². The molecule has 0 aromatic rings. The molecule has 0 aliphatic heterocycles. The van der Waals surface area contributed by atoms with Gasteiger partial charge in [-0.2, -0.15) is 0 Å². The topological polar surface area (TPSA) is 20.2 Å². The van der Waals surface area contributed by atoms with E-state index in [1.807, 2.05) is 0 Å². The van der Waals surface area contributed by atoms with Gasteiger partial charge in [-0.3, -0.25) is 0 Å². The second-order valence-corrected chi connectivity index (χ2v) is 2.74. The lowest BCUT2D eigenvalue weighted by atomic mass is 10.5. The van der Waals surface area contributed by atoms with E-state index in [9.17, 15) is 0 Å². The van der Waals surface area contributed by atoms with Crippen molar-refractivity contribution in [2.24, 2.45) is 0 Å². The number of aliphatic hydroxyl groups is 1. The second-order valence-electron chi connectivity index (χ2n) is 2.74. The number of quaternary nitrogens is 1. The Hall–Kier alpha value is 0.500. The summed E-state index contributed by atoms with van der Waals surface area (Å²) in [5.41, 5.74) is 0. The molecule has 0 fully saturated rings. The molecule has 0 saturated heterocycles. The Morgan fingerprint density at radius 2 is 1.44 bits per heavy atom. The molecule has 0 aliphatic rings. The molecule has 0 unspecified atom stereocenters. The van der Waals surface area contributed by atoms with Crippen molar-refractivity contribution in [3.8, 4) is 0 Å². The zero-order valence-corrected chi connectivity index (χ0v) is 7.58. The zero-order chi connectivity index (χ0) is 5.91. The predicted molar refractivity (Wildman–Crippen MR) is 30.0 cm³/mol. The fraction of sp³-hybridized carbons (Fsp3) is 1.00. The molecule has 0 aliphatic carbocycles. The maximum Gasteiger partial charge on any atom is 0.101 e. The van der Waals surface area contributed by atoms with Gasteiger partial charge in [0, 0.05) is 0 Å². The van der Waals surface area contributed by atoms with Crippen LogP contribution in [0.3, 0.4) is 0 Å². The first kappa shape index (κ1) is 16.2. The van der Waals surface area contributed by atoms with Crippen LogP contribution in [-0.2, 0) is 0 Å². The molecular weight excluding hydrogens is 161 g/mol. The van der Waals surface area contributed by atoms with Gasteiger partial charge in [-0.15, -0.1) is 0 Å². The standard InChI is InChI=1S/C5H14NO.2ClH/c1-6(2,3)4-5-7;;/h7H,4-5H2,1-3H3;2*1H/q+1;;/p-2. The molecular formula is C5H14Cl2NO-. The minimum absolute atomic E-state index is 0. The van der Waals surface area contributed by atoms with Crippen LogP contribution in [0.1, 0.15) is 0 Å². The van der Waals surface area contributed by atoms with Crippen LogP contribution >= 0.6 is 0 Å². The molecule has 4 heteroatoms. The SMILES string of the molecule is C[N+](C)(C)CCO.[Cl-].[Cl-]. The quantitative estimate of drug-likeness (QED) is 0.414. The molecule has 0 rings (SSSR count). The molecule has 0 aromatic heterocycles. The highest BCUT2D eigenvalue weighted by molar-refractivity contribution is 4.19. The maximum absolute atomic E-state index is 8.39. The molecule has 0 bridgehead atoms. The fourth-order valence-corrected chi connectivity index (χ4v) is 0.300. The summed E-state index contributed by atoms with van der Waals surface area (Å²) < 4.78 is 0.844. The maximum atomic E-state index is 8.39. The number of hydrogen-bond donors (Lipinski definition) is 1. The van der Waals surface area contributed by atoms with Gasteiger partial charge >= 0.3 is 0 Å². The van der Waals surface area contributed by atoms with E-state index in [-0.39, 0.29) is 31.4 Å². The fourth-order valence-electron chi connectivity index (χ4n) is 0.300. The van der Waals surface area contributed by atoms with Crippen LogP contribution in [0.15, 0.2) is 0 Å². The van der Waals surface area contributed by atoms with Gasteiger partial charge < -0.3 is 34.4 Å². The molecule has 0 spiro atoms. The van der Waals surface area contributed by atoms with E-state index in [1.54, 1.807) is 0 Å². The van der Waals surface area contributed by atoms with Gasteiger partial charge in [-0.25, -0.2) is 0 Å². The minimum Gasteiger partial charge on any atom is -1.00 e. The number of hydrogen-bond acceptors (Lipinski definition) is 1. The normalized spacial score (nSPS) is 9.33. The third kappa shape index (κ3) is 17.7. The number of nitrogens with zero attached hydrogens (tertiary/aromatic N) is 1. The van der Waals surface area contributed by atoms with Gasteiger partial charge in [0.05, 0.1) is 27.7 Å². The molecule has 2 nitrogen and oxygen atoms in total. The highest BCUT2D eigenvalue weighted by atomic mass is 35.5. The Kier molecular flexibility index (Phi) is 11.9.